The van der Waals surface area contributed by atoms with Crippen LogP contribution in [-0.4, -0.2) is 46.8 Å². The molecule has 4 heterocycles. The van der Waals surface area contributed by atoms with Crippen LogP contribution < -0.4 is 15.0 Å². The van der Waals surface area contributed by atoms with Gasteiger partial charge < -0.3 is 15.0 Å². The molecule has 2 aliphatic heterocycles. The van der Waals surface area contributed by atoms with Crippen LogP contribution in [0.15, 0.2) is 24.4 Å². The van der Waals surface area contributed by atoms with E-state index in [0.29, 0.717) is 18.1 Å². The second-order valence-electron chi connectivity index (χ2n) is 6.58. The SMILES string of the molecule is Cc1ccc(N2CC[C@@H](NC(=O)c3cnc4c(c3)CCCO4)C2)nn1. The van der Waals surface area contributed by atoms with E-state index in [9.17, 15) is 4.79 Å². The Hall–Kier alpha value is -2.70. The summed E-state index contributed by atoms with van der Waals surface area (Å²) in [4.78, 5) is 19.0. The third kappa shape index (κ3) is 3.40. The average molecular weight is 339 g/mol. The van der Waals surface area contributed by atoms with E-state index in [0.717, 1.165) is 49.4 Å². The summed E-state index contributed by atoms with van der Waals surface area (Å²) in [5.41, 5.74) is 2.51. The number of carbonyl (C=O) groups excluding carboxylic acids is 1. The van der Waals surface area contributed by atoms with Gasteiger partial charge in [-0.1, -0.05) is 0 Å². The number of rotatable bonds is 3. The molecule has 25 heavy (non-hydrogen) atoms. The lowest BCUT2D eigenvalue weighted by Crippen LogP contribution is -2.37. The van der Waals surface area contributed by atoms with Crippen molar-refractivity contribution in [3.8, 4) is 5.88 Å². The second kappa shape index (κ2) is 6.66. The highest BCUT2D eigenvalue weighted by molar-refractivity contribution is 5.94. The van der Waals surface area contributed by atoms with Gasteiger partial charge in [-0.05, 0) is 44.4 Å². The van der Waals surface area contributed by atoms with E-state index in [4.69, 9.17) is 4.74 Å². The van der Waals surface area contributed by atoms with Crippen molar-refractivity contribution in [3.05, 3.63) is 41.2 Å². The van der Waals surface area contributed by atoms with Crippen LogP contribution in [0.2, 0.25) is 0 Å². The molecular formula is C18H21N5O2. The Balaban J connectivity index is 1.39. The van der Waals surface area contributed by atoms with Crippen molar-refractivity contribution < 1.29 is 9.53 Å². The Morgan fingerprint density at radius 3 is 3.12 bits per heavy atom. The highest BCUT2D eigenvalue weighted by atomic mass is 16.5. The van der Waals surface area contributed by atoms with Gasteiger partial charge in [0.2, 0.25) is 5.88 Å². The van der Waals surface area contributed by atoms with Gasteiger partial charge in [-0.25, -0.2) is 4.98 Å². The predicted octanol–water partition coefficient (Wildman–Crippen LogP) is 1.51. The van der Waals surface area contributed by atoms with E-state index < -0.39 is 0 Å². The summed E-state index contributed by atoms with van der Waals surface area (Å²) < 4.78 is 5.50. The number of aromatic nitrogens is 3. The van der Waals surface area contributed by atoms with E-state index in [1.54, 1.807) is 6.20 Å². The summed E-state index contributed by atoms with van der Waals surface area (Å²) in [6, 6.07) is 5.92. The Bertz CT molecular complexity index is 778. The highest BCUT2D eigenvalue weighted by Gasteiger charge is 2.26. The minimum atomic E-state index is -0.0808. The molecule has 0 aromatic carbocycles. The molecule has 7 heteroatoms. The average Bonchev–Trinajstić information content (AvgIpc) is 3.10. The minimum Gasteiger partial charge on any atom is -0.477 e. The van der Waals surface area contributed by atoms with E-state index >= 15 is 0 Å². The molecule has 0 aliphatic carbocycles. The molecule has 0 saturated carbocycles. The lowest BCUT2D eigenvalue weighted by Gasteiger charge is -2.18. The van der Waals surface area contributed by atoms with Crippen molar-refractivity contribution in [3.63, 3.8) is 0 Å². The summed E-state index contributed by atoms with van der Waals surface area (Å²) in [6.07, 6.45) is 4.36. The van der Waals surface area contributed by atoms with Crippen molar-refractivity contribution in [2.24, 2.45) is 0 Å². The number of hydrogen-bond acceptors (Lipinski definition) is 6. The number of amides is 1. The Labute approximate surface area is 146 Å². The molecule has 2 aromatic rings. The maximum atomic E-state index is 12.5. The summed E-state index contributed by atoms with van der Waals surface area (Å²) in [7, 11) is 0. The maximum Gasteiger partial charge on any atom is 0.253 e. The molecule has 0 unspecified atom stereocenters. The summed E-state index contributed by atoms with van der Waals surface area (Å²) in [5, 5.41) is 11.4. The van der Waals surface area contributed by atoms with Gasteiger partial charge in [0, 0.05) is 30.9 Å². The van der Waals surface area contributed by atoms with Crippen LogP contribution in [0.1, 0.15) is 34.5 Å². The molecule has 1 fully saturated rings. The standard InChI is InChI=1S/C18H21N5O2/c1-12-4-5-16(22-21-12)23-7-6-15(11-23)20-17(24)14-9-13-3-2-8-25-18(13)19-10-14/h4-5,9-10,15H,2-3,6-8,11H2,1H3,(H,20,24)/t15-/m1/s1. The largest absolute Gasteiger partial charge is 0.477 e. The van der Waals surface area contributed by atoms with Crippen LogP contribution in [0.5, 0.6) is 5.88 Å². The van der Waals surface area contributed by atoms with Crippen LogP contribution in [0.4, 0.5) is 5.82 Å². The number of anilines is 1. The Morgan fingerprint density at radius 1 is 1.36 bits per heavy atom. The first kappa shape index (κ1) is 15.8. The van der Waals surface area contributed by atoms with Crippen molar-refractivity contribution >= 4 is 11.7 Å². The summed E-state index contributed by atoms with van der Waals surface area (Å²) in [6.45, 7) is 4.22. The van der Waals surface area contributed by atoms with Gasteiger partial charge in [-0.15, -0.1) is 5.10 Å². The summed E-state index contributed by atoms with van der Waals surface area (Å²) in [5.74, 6) is 1.44. The second-order valence-corrected chi connectivity index (χ2v) is 6.58. The zero-order valence-electron chi connectivity index (χ0n) is 14.2. The molecule has 4 rings (SSSR count). The molecule has 1 N–H and O–H groups in total. The molecule has 1 saturated heterocycles. The third-order valence-electron chi connectivity index (χ3n) is 4.65. The normalized spacial score (nSPS) is 19.2. The number of hydrogen-bond donors (Lipinski definition) is 1. The van der Waals surface area contributed by atoms with Gasteiger partial charge in [0.05, 0.1) is 17.9 Å². The molecule has 2 aromatic heterocycles. The number of carbonyl (C=O) groups is 1. The number of nitrogens with zero attached hydrogens (tertiary/aromatic N) is 4. The summed E-state index contributed by atoms with van der Waals surface area (Å²) >= 11 is 0. The molecule has 1 amide bonds. The molecule has 0 spiro atoms. The van der Waals surface area contributed by atoms with Crippen molar-refractivity contribution in [2.45, 2.75) is 32.2 Å². The van der Waals surface area contributed by atoms with Gasteiger partial charge >= 0.3 is 0 Å². The first-order valence-electron chi connectivity index (χ1n) is 8.67. The fourth-order valence-electron chi connectivity index (χ4n) is 3.28. The van der Waals surface area contributed by atoms with Crippen LogP contribution in [0.25, 0.3) is 0 Å². The molecule has 2 aliphatic rings. The lowest BCUT2D eigenvalue weighted by atomic mass is 10.1. The number of pyridine rings is 1. The number of nitrogens with one attached hydrogen (secondary N) is 1. The van der Waals surface area contributed by atoms with Crippen LogP contribution in [0, 0.1) is 6.92 Å². The highest BCUT2D eigenvalue weighted by Crippen LogP contribution is 2.23. The number of aryl methyl sites for hydroxylation is 2. The van der Waals surface area contributed by atoms with Gasteiger partial charge in [-0.2, -0.15) is 5.10 Å². The molecule has 1 atom stereocenters. The van der Waals surface area contributed by atoms with E-state index in [2.05, 4.69) is 25.4 Å². The fourth-order valence-corrected chi connectivity index (χ4v) is 3.28. The van der Waals surface area contributed by atoms with Crippen molar-refractivity contribution in [2.75, 3.05) is 24.6 Å². The maximum absolute atomic E-state index is 12.5. The Morgan fingerprint density at radius 2 is 2.28 bits per heavy atom. The molecule has 0 radical (unpaired) electrons. The predicted molar refractivity (Wildman–Crippen MR) is 92.9 cm³/mol. The first-order valence-corrected chi connectivity index (χ1v) is 8.67. The molecule has 0 bridgehead atoms. The molecule has 130 valence electrons. The van der Waals surface area contributed by atoms with Crippen LogP contribution in [0.3, 0.4) is 0 Å². The fraction of sp³-hybridized carbons (Fsp3) is 0.444. The quantitative estimate of drug-likeness (QED) is 0.913. The smallest absolute Gasteiger partial charge is 0.253 e. The zero-order valence-corrected chi connectivity index (χ0v) is 14.2. The molecular weight excluding hydrogens is 318 g/mol. The van der Waals surface area contributed by atoms with Crippen molar-refractivity contribution in [1.29, 1.82) is 0 Å². The number of fused-ring (bicyclic) bond motifs is 1. The number of ether oxygens (including phenoxy) is 1. The first-order chi connectivity index (χ1) is 12.2. The van der Waals surface area contributed by atoms with E-state index in [1.165, 1.54) is 0 Å². The van der Waals surface area contributed by atoms with Gasteiger partial charge in [0.25, 0.3) is 5.91 Å². The van der Waals surface area contributed by atoms with Gasteiger partial charge in [0.15, 0.2) is 5.82 Å². The van der Waals surface area contributed by atoms with Crippen LogP contribution >= 0.6 is 0 Å². The van der Waals surface area contributed by atoms with Crippen LogP contribution in [-0.2, 0) is 6.42 Å². The van der Waals surface area contributed by atoms with Gasteiger partial charge in [-0.3, -0.25) is 4.79 Å². The zero-order chi connectivity index (χ0) is 17.2. The Kier molecular flexibility index (Phi) is 4.21. The monoisotopic (exact) mass is 339 g/mol. The minimum absolute atomic E-state index is 0.0808. The van der Waals surface area contributed by atoms with E-state index in [-0.39, 0.29) is 11.9 Å². The van der Waals surface area contributed by atoms with E-state index in [1.807, 2.05) is 25.1 Å². The molecule has 7 nitrogen and oxygen atoms in total. The third-order valence-corrected chi connectivity index (χ3v) is 4.65. The van der Waals surface area contributed by atoms with Crippen molar-refractivity contribution in [1.82, 2.24) is 20.5 Å². The topological polar surface area (TPSA) is 80.2 Å². The lowest BCUT2D eigenvalue weighted by molar-refractivity contribution is 0.0939. The van der Waals surface area contributed by atoms with Gasteiger partial charge in [0.1, 0.15) is 0 Å².